The molecule has 172 valence electrons. The maximum Gasteiger partial charge on any atom is 0.326 e. The fourth-order valence-corrected chi connectivity index (χ4v) is 3.52. The lowest BCUT2D eigenvalue weighted by molar-refractivity contribution is -0.145. The lowest BCUT2D eigenvalue weighted by atomic mass is 10.0. The van der Waals surface area contributed by atoms with Crippen LogP contribution in [-0.2, 0) is 19.2 Å². The lowest BCUT2D eigenvalue weighted by Gasteiger charge is -2.30. The van der Waals surface area contributed by atoms with Gasteiger partial charge in [-0.3, -0.25) is 14.4 Å². The number of nitrogens with two attached hydrogens (primary N) is 2. The van der Waals surface area contributed by atoms with Crippen LogP contribution in [0.1, 0.15) is 59.3 Å². The molecule has 30 heavy (non-hydrogen) atoms. The molecular weight excluding hydrogens is 390 g/mol. The van der Waals surface area contributed by atoms with Crippen LogP contribution in [-0.4, -0.2) is 71.0 Å². The molecule has 1 aliphatic rings. The van der Waals surface area contributed by atoms with E-state index in [0.717, 1.165) is 0 Å². The summed E-state index contributed by atoms with van der Waals surface area (Å²) in [5.74, 6) is -2.28. The Morgan fingerprint density at radius 3 is 2.30 bits per heavy atom. The second-order valence-electron chi connectivity index (χ2n) is 8.35. The largest absolute Gasteiger partial charge is 0.480 e. The number of carbonyl (C=O) groups is 4. The quantitative estimate of drug-likeness (QED) is 0.263. The molecule has 1 saturated heterocycles. The van der Waals surface area contributed by atoms with E-state index in [0.29, 0.717) is 51.6 Å². The van der Waals surface area contributed by atoms with Gasteiger partial charge >= 0.3 is 5.97 Å². The van der Waals surface area contributed by atoms with Crippen molar-refractivity contribution in [1.29, 1.82) is 0 Å². The number of hydrogen-bond donors (Lipinski definition) is 5. The van der Waals surface area contributed by atoms with Crippen LogP contribution < -0.4 is 22.1 Å². The van der Waals surface area contributed by atoms with Crippen molar-refractivity contribution in [3.05, 3.63) is 0 Å². The number of hydrogen-bond acceptors (Lipinski definition) is 6. The van der Waals surface area contributed by atoms with E-state index in [1.807, 2.05) is 13.8 Å². The van der Waals surface area contributed by atoms with Crippen molar-refractivity contribution in [2.75, 3.05) is 13.1 Å². The summed E-state index contributed by atoms with van der Waals surface area (Å²) >= 11 is 0. The first kappa shape index (κ1) is 25.8. The van der Waals surface area contributed by atoms with E-state index < -0.39 is 42.0 Å². The van der Waals surface area contributed by atoms with Crippen LogP contribution in [0.4, 0.5) is 0 Å². The Morgan fingerprint density at radius 1 is 1.10 bits per heavy atom. The fourth-order valence-electron chi connectivity index (χ4n) is 3.52. The first-order valence-electron chi connectivity index (χ1n) is 10.7. The number of carboxylic acids is 1. The maximum atomic E-state index is 13.2. The van der Waals surface area contributed by atoms with Gasteiger partial charge in [-0.2, -0.15) is 0 Å². The van der Waals surface area contributed by atoms with Crippen LogP contribution in [0.3, 0.4) is 0 Å². The summed E-state index contributed by atoms with van der Waals surface area (Å²) in [7, 11) is 0. The van der Waals surface area contributed by atoms with E-state index in [2.05, 4.69) is 10.6 Å². The number of likely N-dealkylation sites (tertiary alicyclic amines) is 1. The Morgan fingerprint density at radius 2 is 1.77 bits per heavy atom. The molecule has 1 rings (SSSR count). The van der Waals surface area contributed by atoms with Crippen LogP contribution in [0.15, 0.2) is 0 Å². The molecule has 1 aliphatic heterocycles. The maximum absolute atomic E-state index is 13.2. The van der Waals surface area contributed by atoms with Crippen molar-refractivity contribution in [3.63, 3.8) is 0 Å². The summed E-state index contributed by atoms with van der Waals surface area (Å²) in [5.41, 5.74) is 11.1. The number of nitrogens with zero attached hydrogens (tertiary/aromatic N) is 1. The Bertz CT molecular complexity index is 610. The summed E-state index contributed by atoms with van der Waals surface area (Å²) < 4.78 is 0. The molecule has 0 spiro atoms. The predicted octanol–water partition coefficient (Wildman–Crippen LogP) is -0.446. The molecule has 0 bridgehead atoms. The number of amides is 3. The van der Waals surface area contributed by atoms with Gasteiger partial charge in [0, 0.05) is 6.54 Å². The van der Waals surface area contributed by atoms with Crippen molar-refractivity contribution in [2.45, 2.75) is 83.5 Å². The molecule has 3 amide bonds. The number of carbonyl (C=O) groups excluding carboxylic acids is 3. The molecule has 7 N–H and O–H groups in total. The summed E-state index contributed by atoms with van der Waals surface area (Å²) in [6.45, 7) is 6.13. The standard InChI is InChI=1S/C20H37N5O5/c1-12(2)11-15(20(29)30)24-18(27)16-8-6-10-25(16)19(28)14(7-4-5-9-21)23-17(26)13(3)22/h12-16H,4-11,21-22H2,1-3H3,(H,23,26)(H,24,27)(H,29,30). The van der Waals surface area contributed by atoms with E-state index in [1.54, 1.807) is 0 Å². The second kappa shape index (κ2) is 12.5. The van der Waals surface area contributed by atoms with Crippen LogP contribution >= 0.6 is 0 Å². The normalized spacial score (nSPS) is 19.3. The fraction of sp³-hybridized carbons (Fsp3) is 0.800. The molecule has 0 aliphatic carbocycles. The molecule has 10 heteroatoms. The molecule has 0 radical (unpaired) electrons. The summed E-state index contributed by atoms with van der Waals surface area (Å²) in [4.78, 5) is 50.9. The SMILES string of the molecule is CC(C)CC(NC(=O)C1CCCN1C(=O)C(CCCCN)NC(=O)C(C)N)C(=O)O. The summed E-state index contributed by atoms with van der Waals surface area (Å²) in [6, 6.07) is -3.32. The number of aliphatic carboxylic acids is 1. The second-order valence-corrected chi connectivity index (χ2v) is 8.35. The highest BCUT2D eigenvalue weighted by molar-refractivity contribution is 5.94. The molecule has 0 aromatic rings. The minimum Gasteiger partial charge on any atom is -0.480 e. The lowest BCUT2D eigenvalue weighted by Crippen LogP contribution is -2.56. The highest BCUT2D eigenvalue weighted by Crippen LogP contribution is 2.20. The van der Waals surface area contributed by atoms with Crippen LogP contribution in [0.25, 0.3) is 0 Å². The van der Waals surface area contributed by atoms with E-state index in [-0.39, 0.29) is 11.8 Å². The molecule has 10 nitrogen and oxygen atoms in total. The van der Waals surface area contributed by atoms with Crippen molar-refractivity contribution >= 4 is 23.7 Å². The van der Waals surface area contributed by atoms with E-state index >= 15 is 0 Å². The highest BCUT2D eigenvalue weighted by Gasteiger charge is 2.38. The minimum atomic E-state index is -1.10. The Kier molecular flexibility index (Phi) is 10.8. The van der Waals surface area contributed by atoms with E-state index in [9.17, 15) is 24.3 Å². The van der Waals surface area contributed by atoms with Crippen LogP contribution in [0.2, 0.25) is 0 Å². The monoisotopic (exact) mass is 427 g/mol. The van der Waals surface area contributed by atoms with Crippen LogP contribution in [0.5, 0.6) is 0 Å². The third-order valence-corrected chi connectivity index (χ3v) is 5.14. The summed E-state index contributed by atoms with van der Waals surface area (Å²) in [6.07, 6.45) is 3.12. The highest BCUT2D eigenvalue weighted by atomic mass is 16.4. The molecular formula is C20H37N5O5. The van der Waals surface area contributed by atoms with Crippen molar-refractivity contribution in [1.82, 2.24) is 15.5 Å². The first-order chi connectivity index (χ1) is 14.1. The topological polar surface area (TPSA) is 168 Å². The number of carboxylic acid groups (broad SMARTS) is 1. The van der Waals surface area contributed by atoms with Crippen molar-refractivity contribution in [2.24, 2.45) is 17.4 Å². The zero-order valence-corrected chi connectivity index (χ0v) is 18.2. The zero-order valence-electron chi connectivity index (χ0n) is 18.2. The van der Waals surface area contributed by atoms with Gasteiger partial charge < -0.3 is 32.1 Å². The number of nitrogens with one attached hydrogen (secondary N) is 2. The van der Waals surface area contributed by atoms with Gasteiger partial charge in [0.15, 0.2) is 0 Å². The van der Waals surface area contributed by atoms with Crippen LogP contribution in [0, 0.1) is 5.92 Å². The van der Waals surface area contributed by atoms with Gasteiger partial charge in [-0.15, -0.1) is 0 Å². The van der Waals surface area contributed by atoms with Gasteiger partial charge in [0.1, 0.15) is 18.1 Å². The first-order valence-corrected chi connectivity index (χ1v) is 10.7. The Labute approximate surface area is 178 Å². The molecule has 1 fully saturated rings. The van der Waals surface area contributed by atoms with Gasteiger partial charge in [-0.1, -0.05) is 13.8 Å². The van der Waals surface area contributed by atoms with Crippen molar-refractivity contribution < 1.29 is 24.3 Å². The average molecular weight is 428 g/mol. The van der Waals surface area contributed by atoms with Crippen molar-refractivity contribution in [3.8, 4) is 0 Å². The van der Waals surface area contributed by atoms with Gasteiger partial charge in [-0.25, -0.2) is 4.79 Å². The van der Waals surface area contributed by atoms with Gasteiger partial charge in [-0.05, 0) is 57.9 Å². The Hall–Kier alpha value is -2.20. The van der Waals surface area contributed by atoms with E-state index in [4.69, 9.17) is 11.5 Å². The zero-order chi connectivity index (χ0) is 22.8. The smallest absolute Gasteiger partial charge is 0.326 e. The predicted molar refractivity (Wildman–Crippen MR) is 112 cm³/mol. The van der Waals surface area contributed by atoms with Gasteiger partial charge in [0.05, 0.1) is 6.04 Å². The third kappa shape index (κ3) is 7.91. The van der Waals surface area contributed by atoms with Gasteiger partial charge in [0.2, 0.25) is 17.7 Å². The molecule has 4 atom stereocenters. The van der Waals surface area contributed by atoms with Gasteiger partial charge in [0.25, 0.3) is 0 Å². The number of unbranched alkanes of at least 4 members (excludes halogenated alkanes) is 1. The average Bonchev–Trinajstić information content (AvgIpc) is 3.15. The third-order valence-electron chi connectivity index (χ3n) is 5.14. The molecule has 4 unspecified atom stereocenters. The van der Waals surface area contributed by atoms with E-state index in [1.165, 1.54) is 11.8 Å². The Balaban J connectivity index is 2.90. The summed E-state index contributed by atoms with van der Waals surface area (Å²) in [5, 5.41) is 14.6. The number of rotatable bonds is 12. The molecule has 1 heterocycles. The minimum absolute atomic E-state index is 0.0908. The molecule has 0 aromatic heterocycles. The molecule has 0 aromatic carbocycles. The molecule has 0 saturated carbocycles.